The lowest BCUT2D eigenvalue weighted by molar-refractivity contribution is -0.147. The third kappa shape index (κ3) is 6.59. The normalized spacial score (nSPS) is 10.7. The molecule has 0 aromatic heterocycles. The van der Waals surface area contributed by atoms with Crippen LogP contribution >= 0.6 is 0 Å². The number of ether oxygens (including phenoxy) is 2. The SMILES string of the molecule is CCN(CC)Cc1ccc(COC(=O)COc2ccc(C)cc2)cc1. The highest BCUT2D eigenvalue weighted by atomic mass is 16.6. The summed E-state index contributed by atoms with van der Waals surface area (Å²) in [7, 11) is 0. The fourth-order valence-electron chi connectivity index (χ4n) is 2.43. The van der Waals surface area contributed by atoms with Crippen LogP contribution in [0.5, 0.6) is 5.75 Å². The van der Waals surface area contributed by atoms with Gasteiger partial charge in [0.25, 0.3) is 0 Å². The maximum absolute atomic E-state index is 11.8. The van der Waals surface area contributed by atoms with Crippen molar-refractivity contribution in [1.29, 1.82) is 0 Å². The molecule has 0 fully saturated rings. The van der Waals surface area contributed by atoms with E-state index in [1.807, 2.05) is 43.3 Å². The standard InChI is InChI=1S/C21H27NO3/c1-4-22(5-2)14-18-8-10-19(11-9-18)15-25-21(23)16-24-20-12-6-17(3)7-13-20/h6-13H,4-5,14-16H2,1-3H3. The van der Waals surface area contributed by atoms with Crippen LogP contribution in [0.4, 0.5) is 0 Å². The first-order chi connectivity index (χ1) is 12.1. The van der Waals surface area contributed by atoms with Gasteiger partial charge in [-0.15, -0.1) is 0 Å². The fraction of sp³-hybridized carbons (Fsp3) is 0.381. The molecule has 0 heterocycles. The molecule has 4 nitrogen and oxygen atoms in total. The van der Waals surface area contributed by atoms with Crippen LogP contribution in [0.1, 0.15) is 30.5 Å². The average molecular weight is 341 g/mol. The third-order valence-electron chi connectivity index (χ3n) is 4.10. The van der Waals surface area contributed by atoms with Crippen molar-refractivity contribution in [2.24, 2.45) is 0 Å². The Hall–Kier alpha value is -2.33. The van der Waals surface area contributed by atoms with Gasteiger partial charge in [-0.05, 0) is 43.3 Å². The maximum atomic E-state index is 11.8. The lowest BCUT2D eigenvalue weighted by Gasteiger charge is -2.18. The minimum absolute atomic E-state index is 0.0803. The van der Waals surface area contributed by atoms with Crippen LogP contribution in [-0.2, 0) is 22.7 Å². The van der Waals surface area contributed by atoms with Crippen LogP contribution in [0.2, 0.25) is 0 Å². The van der Waals surface area contributed by atoms with Gasteiger partial charge in [0.2, 0.25) is 0 Å². The van der Waals surface area contributed by atoms with Crippen LogP contribution in [0.3, 0.4) is 0 Å². The first-order valence-corrected chi connectivity index (χ1v) is 8.76. The van der Waals surface area contributed by atoms with Gasteiger partial charge >= 0.3 is 5.97 Å². The monoisotopic (exact) mass is 341 g/mol. The van der Waals surface area contributed by atoms with Crippen LogP contribution in [0, 0.1) is 6.92 Å². The zero-order chi connectivity index (χ0) is 18.1. The van der Waals surface area contributed by atoms with Gasteiger partial charge in [0.15, 0.2) is 6.61 Å². The summed E-state index contributed by atoms with van der Waals surface area (Å²) in [5.41, 5.74) is 3.40. The van der Waals surface area contributed by atoms with E-state index in [4.69, 9.17) is 9.47 Å². The Morgan fingerprint density at radius 3 is 2.12 bits per heavy atom. The van der Waals surface area contributed by atoms with Gasteiger partial charge < -0.3 is 9.47 Å². The number of rotatable bonds is 9. The van der Waals surface area contributed by atoms with Gasteiger partial charge in [0, 0.05) is 6.54 Å². The third-order valence-corrected chi connectivity index (χ3v) is 4.10. The molecule has 134 valence electrons. The Balaban J connectivity index is 1.74. The van der Waals surface area contributed by atoms with Gasteiger partial charge in [0.05, 0.1) is 0 Å². The first-order valence-electron chi connectivity index (χ1n) is 8.76. The molecule has 0 N–H and O–H groups in total. The summed E-state index contributed by atoms with van der Waals surface area (Å²) in [6.07, 6.45) is 0. The summed E-state index contributed by atoms with van der Waals surface area (Å²) in [4.78, 5) is 14.2. The van der Waals surface area contributed by atoms with E-state index in [9.17, 15) is 4.79 Å². The van der Waals surface area contributed by atoms with E-state index in [1.54, 1.807) is 0 Å². The molecule has 2 aromatic carbocycles. The molecular formula is C21H27NO3. The van der Waals surface area contributed by atoms with Gasteiger partial charge in [-0.25, -0.2) is 4.79 Å². The smallest absolute Gasteiger partial charge is 0.344 e. The predicted octanol–water partition coefficient (Wildman–Crippen LogP) is 3.96. The van der Waals surface area contributed by atoms with Crippen LogP contribution < -0.4 is 4.74 Å². The molecule has 0 amide bonds. The zero-order valence-electron chi connectivity index (χ0n) is 15.3. The highest BCUT2D eigenvalue weighted by molar-refractivity contribution is 5.71. The van der Waals surface area contributed by atoms with E-state index in [0.717, 1.165) is 30.8 Å². The molecule has 0 atom stereocenters. The molecule has 0 unspecified atom stereocenters. The highest BCUT2D eigenvalue weighted by Gasteiger charge is 2.06. The summed E-state index contributed by atoms with van der Waals surface area (Å²) in [5, 5.41) is 0. The Morgan fingerprint density at radius 1 is 0.920 bits per heavy atom. The molecule has 0 saturated carbocycles. The topological polar surface area (TPSA) is 38.8 Å². The lowest BCUT2D eigenvalue weighted by Crippen LogP contribution is -2.22. The van der Waals surface area contributed by atoms with E-state index in [1.165, 1.54) is 5.56 Å². The molecule has 0 saturated heterocycles. The van der Waals surface area contributed by atoms with Crippen molar-refractivity contribution >= 4 is 5.97 Å². The zero-order valence-corrected chi connectivity index (χ0v) is 15.3. The molecule has 2 rings (SSSR count). The second-order valence-corrected chi connectivity index (χ2v) is 6.04. The number of esters is 1. The van der Waals surface area contributed by atoms with E-state index >= 15 is 0 Å². The van der Waals surface area contributed by atoms with Crippen molar-refractivity contribution in [2.45, 2.75) is 33.9 Å². The largest absolute Gasteiger partial charge is 0.482 e. The molecule has 25 heavy (non-hydrogen) atoms. The summed E-state index contributed by atoms with van der Waals surface area (Å²) in [6, 6.07) is 15.8. The molecule has 0 bridgehead atoms. The summed E-state index contributed by atoms with van der Waals surface area (Å²) >= 11 is 0. The van der Waals surface area contributed by atoms with E-state index in [0.29, 0.717) is 5.75 Å². The summed E-state index contributed by atoms with van der Waals surface area (Å²) in [5.74, 6) is 0.302. The van der Waals surface area contributed by atoms with Crippen LogP contribution in [-0.4, -0.2) is 30.6 Å². The molecule has 0 aliphatic rings. The molecule has 0 aliphatic carbocycles. The van der Waals surface area contributed by atoms with E-state index in [-0.39, 0.29) is 19.2 Å². The number of benzene rings is 2. The Morgan fingerprint density at radius 2 is 1.52 bits per heavy atom. The average Bonchev–Trinajstić information content (AvgIpc) is 2.65. The number of carbonyl (C=O) groups excluding carboxylic acids is 1. The molecule has 0 aliphatic heterocycles. The minimum atomic E-state index is -0.368. The summed E-state index contributed by atoms with van der Waals surface area (Å²) in [6.45, 7) is 9.53. The summed E-state index contributed by atoms with van der Waals surface area (Å²) < 4.78 is 10.7. The highest BCUT2D eigenvalue weighted by Crippen LogP contribution is 2.12. The van der Waals surface area contributed by atoms with Gasteiger partial charge in [-0.3, -0.25) is 4.90 Å². The van der Waals surface area contributed by atoms with Crippen molar-refractivity contribution < 1.29 is 14.3 Å². The molecular weight excluding hydrogens is 314 g/mol. The number of hydrogen-bond acceptors (Lipinski definition) is 4. The molecule has 0 radical (unpaired) electrons. The van der Waals surface area contributed by atoms with Crippen molar-refractivity contribution in [1.82, 2.24) is 4.90 Å². The van der Waals surface area contributed by atoms with Crippen molar-refractivity contribution in [2.75, 3.05) is 19.7 Å². The van der Waals surface area contributed by atoms with E-state index < -0.39 is 0 Å². The number of hydrogen-bond donors (Lipinski definition) is 0. The van der Waals surface area contributed by atoms with Gasteiger partial charge in [0.1, 0.15) is 12.4 Å². The molecule has 4 heteroatoms. The Kier molecular flexibility index (Phi) is 7.48. The van der Waals surface area contributed by atoms with Gasteiger partial charge in [-0.1, -0.05) is 55.8 Å². The predicted molar refractivity (Wildman–Crippen MR) is 99.5 cm³/mol. The van der Waals surface area contributed by atoms with E-state index in [2.05, 4.69) is 30.9 Å². The first kappa shape index (κ1) is 19.0. The Labute approximate surface area is 150 Å². The van der Waals surface area contributed by atoms with Crippen LogP contribution in [0.15, 0.2) is 48.5 Å². The van der Waals surface area contributed by atoms with Crippen molar-refractivity contribution in [3.05, 3.63) is 65.2 Å². The Bertz CT molecular complexity index is 646. The molecule has 0 spiro atoms. The quantitative estimate of drug-likeness (QED) is 0.647. The fourth-order valence-corrected chi connectivity index (χ4v) is 2.43. The minimum Gasteiger partial charge on any atom is -0.482 e. The lowest BCUT2D eigenvalue weighted by atomic mass is 10.1. The van der Waals surface area contributed by atoms with Gasteiger partial charge in [-0.2, -0.15) is 0 Å². The number of aryl methyl sites for hydroxylation is 1. The maximum Gasteiger partial charge on any atom is 0.344 e. The number of nitrogens with zero attached hydrogens (tertiary/aromatic N) is 1. The second kappa shape index (κ2) is 9.84. The van der Waals surface area contributed by atoms with Crippen molar-refractivity contribution in [3.8, 4) is 5.75 Å². The van der Waals surface area contributed by atoms with Crippen molar-refractivity contribution in [3.63, 3.8) is 0 Å². The number of carbonyl (C=O) groups is 1. The van der Waals surface area contributed by atoms with Crippen LogP contribution in [0.25, 0.3) is 0 Å². The second-order valence-electron chi connectivity index (χ2n) is 6.04. The molecule has 2 aromatic rings.